The molecule has 0 aliphatic rings. The van der Waals surface area contributed by atoms with Gasteiger partial charge in [-0.3, -0.25) is 4.40 Å². The van der Waals surface area contributed by atoms with Crippen molar-refractivity contribution in [3.63, 3.8) is 0 Å². The molecule has 2 heterocycles. The Hall–Kier alpha value is -1.32. The van der Waals surface area contributed by atoms with Crippen LogP contribution in [-0.4, -0.2) is 40.4 Å². The molecule has 0 radical (unpaired) electrons. The van der Waals surface area contributed by atoms with Gasteiger partial charge in [-0.05, 0) is 0 Å². The van der Waals surface area contributed by atoms with E-state index in [4.69, 9.17) is 10.8 Å². The molecule has 0 atom stereocenters. The first-order valence-electron chi connectivity index (χ1n) is 5.53. The van der Waals surface area contributed by atoms with Crippen molar-refractivity contribution in [1.82, 2.24) is 9.38 Å². The lowest BCUT2D eigenvalue weighted by Gasteiger charge is -2.23. The number of nitrogens with zero attached hydrogens (tertiary/aromatic N) is 3. The maximum Gasteiger partial charge on any atom is 0.405 e. The average Bonchev–Trinajstić information content (AvgIpc) is 2.85. The minimum atomic E-state index is -4.36. The second-order valence-electron chi connectivity index (χ2n) is 3.90. The maximum atomic E-state index is 12.5. The highest BCUT2D eigenvalue weighted by Gasteiger charge is 2.32. The zero-order chi connectivity index (χ0) is 14.0. The van der Waals surface area contributed by atoms with Crippen molar-refractivity contribution >= 4 is 22.1 Å². The number of alkyl halides is 3. The fraction of sp³-hybridized carbons (Fsp3) is 0.500. The summed E-state index contributed by atoms with van der Waals surface area (Å²) in [4.78, 5) is 5.75. The largest absolute Gasteiger partial charge is 0.405 e. The van der Waals surface area contributed by atoms with Crippen LogP contribution in [0.3, 0.4) is 0 Å². The SMILES string of the molecule is NCc1c(N(CCO)CC(F)(F)F)nc2sccn12. The summed E-state index contributed by atoms with van der Waals surface area (Å²) in [6.07, 6.45) is -2.65. The molecule has 19 heavy (non-hydrogen) atoms. The molecule has 0 unspecified atom stereocenters. The predicted molar refractivity (Wildman–Crippen MR) is 66.3 cm³/mol. The lowest BCUT2D eigenvalue weighted by molar-refractivity contribution is -0.120. The van der Waals surface area contributed by atoms with E-state index >= 15 is 0 Å². The van der Waals surface area contributed by atoms with Crippen LogP contribution >= 0.6 is 11.3 Å². The summed E-state index contributed by atoms with van der Waals surface area (Å²) >= 11 is 1.32. The van der Waals surface area contributed by atoms with E-state index in [1.54, 1.807) is 16.0 Å². The number of hydrogen-bond acceptors (Lipinski definition) is 5. The number of imidazole rings is 1. The number of rotatable bonds is 5. The van der Waals surface area contributed by atoms with Crippen LogP contribution in [0.5, 0.6) is 0 Å². The summed E-state index contributed by atoms with van der Waals surface area (Å²) in [6, 6.07) is 0. The van der Waals surface area contributed by atoms with Crippen LogP contribution in [0, 0.1) is 0 Å². The molecular weight excluding hydrogens is 281 g/mol. The number of hydrogen-bond donors (Lipinski definition) is 2. The molecule has 9 heteroatoms. The van der Waals surface area contributed by atoms with E-state index in [0.717, 1.165) is 4.90 Å². The van der Waals surface area contributed by atoms with Crippen molar-refractivity contribution in [2.75, 3.05) is 24.6 Å². The number of halogens is 3. The lowest BCUT2D eigenvalue weighted by Crippen LogP contribution is -2.37. The number of aliphatic hydroxyl groups excluding tert-OH is 1. The van der Waals surface area contributed by atoms with Gasteiger partial charge in [-0.15, -0.1) is 11.3 Å². The van der Waals surface area contributed by atoms with Crippen molar-refractivity contribution in [2.45, 2.75) is 12.7 Å². The number of anilines is 1. The van der Waals surface area contributed by atoms with Crippen LogP contribution in [0.1, 0.15) is 5.69 Å². The van der Waals surface area contributed by atoms with Crippen molar-refractivity contribution in [3.05, 3.63) is 17.3 Å². The molecule has 0 saturated heterocycles. The summed E-state index contributed by atoms with van der Waals surface area (Å²) in [6.45, 7) is -1.61. The van der Waals surface area contributed by atoms with Gasteiger partial charge < -0.3 is 15.7 Å². The monoisotopic (exact) mass is 294 g/mol. The average molecular weight is 294 g/mol. The Labute approximate surface area is 111 Å². The summed E-state index contributed by atoms with van der Waals surface area (Å²) in [5.74, 6) is 0.181. The standard InChI is InChI=1S/C10H13F3N4OS/c11-10(12,13)6-16(1-3-18)8-7(5-14)17-2-4-19-9(17)15-8/h2,4,18H,1,3,5-6,14H2. The minimum Gasteiger partial charge on any atom is -0.395 e. The van der Waals surface area contributed by atoms with Gasteiger partial charge in [-0.25, -0.2) is 4.98 Å². The van der Waals surface area contributed by atoms with Gasteiger partial charge in [0.25, 0.3) is 0 Å². The van der Waals surface area contributed by atoms with Gasteiger partial charge in [-0.1, -0.05) is 0 Å². The Morgan fingerprint density at radius 2 is 2.21 bits per heavy atom. The number of fused-ring (bicyclic) bond motifs is 1. The molecule has 0 aliphatic heterocycles. The van der Waals surface area contributed by atoms with Crippen molar-refractivity contribution in [2.24, 2.45) is 5.73 Å². The predicted octanol–water partition coefficient (Wildman–Crippen LogP) is 1.22. The summed E-state index contributed by atoms with van der Waals surface area (Å²) in [7, 11) is 0. The van der Waals surface area contributed by atoms with Crippen molar-refractivity contribution in [3.8, 4) is 0 Å². The first-order chi connectivity index (χ1) is 8.96. The summed E-state index contributed by atoms with van der Waals surface area (Å²) < 4.78 is 39.3. The molecule has 5 nitrogen and oxygen atoms in total. The first kappa shape index (κ1) is 14.1. The molecule has 0 aromatic carbocycles. The molecule has 0 saturated carbocycles. The van der Waals surface area contributed by atoms with E-state index in [-0.39, 0.29) is 25.5 Å². The third kappa shape index (κ3) is 2.99. The lowest BCUT2D eigenvalue weighted by atomic mass is 10.3. The highest BCUT2D eigenvalue weighted by atomic mass is 32.1. The second kappa shape index (κ2) is 5.35. The molecule has 106 valence electrons. The summed E-state index contributed by atoms with van der Waals surface area (Å²) in [5.41, 5.74) is 6.10. The highest BCUT2D eigenvalue weighted by Crippen LogP contribution is 2.27. The quantitative estimate of drug-likeness (QED) is 0.870. The van der Waals surface area contributed by atoms with Crippen LogP contribution < -0.4 is 10.6 Å². The van der Waals surface area contributed by atoms with Crippen LogP contribution in [0.15, 0.2) is 11.6 Å². The minimum absolute atomic E-state index is 0.0764. The van der Waals surface area contributed by atoms with E-state index < -0.39 is 12.7 Å². The van der Waals surface area contributed by atoms with E-state index in [1.165, 1.54) is 11.3 Å². The molecule has 3 N–H and O–H groups in total. The van der Waals surface area contributed by atoms with Gasteiger partial charge in [0, 0.05) is 24.7 Å². The van der Waals surface area contributed by atoms with Crippen LogP contribution in [0.2, 0.25) is 0 Å². The number of aliphatic hydroxyl groups is 1. The zero-order valence-electron chi connectivity index (χ0n) is 9.89. The Balaban J connectivity index is 2.40. The van der Waals surface area contributed by atoms with Crippen molar-refractivity contribution in [1.29, 1.82) is 0 Å². The molecule has 0 amide bonds. The van der Waals surface area contributed by atoms with Crippen LogP contribution in [-0.2, 0) is 6.54 Å². The Morgan fingerprint density at radius 1 is 1.47 bits per heavy atom. The maximum absolute atomic E-state index is 12.5. The number of nitrogens with two attached hydrogens (primary N) is 1. The van der Waals surface area contributed by atoms with Crippen LogP contribution in [0.4, 0.5) is 19.0 Å². The molecule has 0 bridgehead atoms. The van der Waals surface area contributed by atoms with Gasteiger partial charge in [0.2, 0.25) is 0 Å². The highest BCUT2D eigenvalue weighted by molar-refractivity contribution is 7.15. The van der Waals surface area contributed by atoms with Gasteiger partial charge in [0.15, 0.2) is 10.8 Å². The molecular formula is C10H13F3N4OS. The fourth-order valence-corrected chi connectivity index (χ4v) is 2.59. The fourth-order valence-electron chi connectivity index (χ4n) is 1.86. The third-order valence-electron chi connectivity index (χ3n) is 2.57. The Kier molecular flexibility index (Phi) is 3.97. The van der Waals surface area contributed by atoms with E-state index in [0.29, 0.717) is 10.7 Å². The molecule has 0 aliphatic carbocycles. The van der Waals surface area contributed by atoms with Gasteiger partial charge >= 0.3 is 6.18 Å². The normalized spacial score (nSPS) is 12.3. The molecule has 0 spiro atoms. The van der Waals surface area contributed by atoms with Gasteiger partial charge in [0.05, 0.1) is 12.3 Å². The molecule has 2 aromatic heterocycles. The molecule has 0 fully saturated rings. The topological polar surface area (TPSA) is 66.8 Å². The van der Waals surface area contributed by atoms with Crippen LogP contribution in [0.25, 0.3) is 4.96 Å². The van der Waals surface area contributed by atoms with Crippen molar-refractivity contribution < 1.29 is 18.3 Å². The molecule has 2 aromatic rings. The first-order valence-corrected chi connectivity index (χ1v) is 6.41. The second-order valence-corrected chi connectivity index (χ2v) is 4.78. The smallest absolute Gasteiger partial charge is 0.395 e. The van der Waals surface area contributed by atoms with Gasteiger partial charge in [-0.2, -0.15) is 13.2 Å². The van der Waals surface area contributed by atoms with Gasteiger partial charge in [0.1, 0.15) is 6.54 Å². The Morgan fingerprint density at radius 3 is 2.79 bits per heavy atom. The number of thiazole rings is 1. The third-order valence-corrected chi connectivity index (χ3v) is 3.33. The summed E-state index contributed by atoms with van der Waals surface area (Å²) in [5, 5.41) is 10.7. The molecule has 2 rings (SSSR count). The van der Waals surface area contributed by atoms with E-state index in [1.807, 2.05) is 0 Å². The van der Waals surface area contributed by atoms with E-state index in [2.05, 4.69) is 4.98 Å². The zero-order valence-corrected chi connectivity index (χ0v) is 10.7. The Bertz CT molecular complexity index is 550. The number of aromatic nitrogens is 2. The van der Waals surface area contributed by atoms with E-state index in [9.17, 15) is 13.2 Å².